The predicted octanol–water partition coefficient (Wildman–Crippen LogP) is 4.35. The molecule has 0 bridgehead atoms. The summed E-state index contributed by atoms with van der Waals surface area (Å²) in [5.74, 6) is 1.11. The summed E-state index contributed by atoms with van der Waals surface area (Å²) in [4.78, 5) is 35.4. The van der Waals surface area contributed by atoms with Crippen LogP contribution in [0.25, 0.3) is 17.0 Å². The van der Waals surface area contributed by atoms with Gasteiger partial charge in [-0.05, 0) is 79.5 Å². The minimum absolute atomic E-state index is 0.0192. The summed E-state index contributed by atoms with van der Waals surface area (Å²) in [6, 6.07) is 14.3. The van der Waals surface area contributed by atoms with Crippen molar-refractivity contribution in [3.05, 3.63) is 70.6 Å². The Labute approximate surface area is 201 Å². The number of Topliss-reactive ketones (excluding diaryl/α,β-unsaturated/α-hetero) is 1. The van der Waals surface area contributed by atoms with Gasteiger partial charge in [0.15, 0.2) is 5.78 Å². The average molecular weight is 477 g/mol. The molecular formula is C26H25FN4O2S. The summed E-state index contributed by atoms with van der Waals surface area (Å²) < 4.78 is 13.3. The summed E-state index contributed by atoms with van der Waals surface area (Å²) in [5, 5.41) is 4.23. The molecule has 2 aromatic heterocycles. The van der Waals surface area contributed by atoms with E-state index in [2.05, 4.69) is 15.2 Å². The van der Waals surface area contributed by atoms with Crippen LogP contribution in [-0.4, -0.2) is 40.5 Å². The largest absolute Gasteiger partial charge is 0.357 e. The number of rotatable bonds is 6. The molecule has 2 aliphatic heterocycles. The summed E-state index contributed by atoms with van der Waals surface area (Å²) in [6.07, 6.45) is 3.82. The van der Waals surface area contributed by atoms with Gasteiger partial charge in [0.25, 0.3) is 0 Å². The topological polar surface area (TPSA) is 75.2 Å². The fourth-order valence-corrected chi connectivity index (χ4v) is 5.20. The van der Waals surface area contributed by atoms with Crippen molar-refractivity contribution in [2.75, 3.05) is 24.5 Å². The molecule has 1 N–H and O–H groups in total. The molecule has 0 atom stereocenters. The van der Waals surface area contributed by atoms with Crippen LogP contribution in [0.2, 0.25) is 0 Å². The molecule has 34 heavy (non-hydrogen) atoms. The Morgan fingerprint density at radius 3 is 2.74 bits per heavy atom. The fraction of sp³-hybridized carbons (Fsp3) is 0.308. The molecule has 5 rings (SSSR count). The summed E-state index contributed by atoms with van der Waals surface area (Å²) in [5.41, 5.74) is 2.46. The SMILES string of the molecule is O=C1CC(=O)/C(=C/c2cccc(N3CCC(CNCc4ccc5cc(F)ccc5n4)CC3)n2)S1. The third-order valence-electron chi connectivity index (χ3n) is 6.22. The zero-order valence-corrected chi connectivity index (χ0v) is 19.5. The molecule has 0 radical (unpaired) electrons. The highest BCUT2D eigenvalue weighted by molar-refractivity contribution is 8.18. The number of fused-ring (bicyclic) bond motifs is 1. The Hall–Kier alpha value is -3.10. The first-order valence-corrected chi connectivity index (χ1v) is 12.3. The molecule has 2 aliphatic rings. The van der Waals surface area contributed by atoms with Crippen LogP contribution >= 0.6 is 11.8 Å². The number of piperidine rings is 1. The second kappa shape index (κ2) is 10.0. The van der Waals surface area contributed by atoms with Gasteiger partial charge in [-0.1, -0.05) is 12.1 Å². The van der Waals surface area contributed by atoms with Crippen LogP contribution in [0.4, 0.5) is 10.2 Å². The molecule has 0 unspecified atom stereocenters. The van der Waals surface area contributed by atoms with E-state index in [1.165, 1.54) is 12.1 Å². The number of aromatic nitrogens is 2. The minimum Gasteiger partial charge on any atom is -0.357 e. The van der Waals surface area contributed by atoms with Crippen LogP contribution in [0.3, 0.4) is 0 Å². The van der Waals surface area contributed by atoms with E-state index in [4.69, 9.17) is 4.98 Å². The van der Waals surface area contributed by atoms with Gasteiger partial charge in [0.05, 0.1) is 28.2 Å². The second-order valence-electron chi connectivity index (χ2n) is 8.70. The Morgan fingerprint density at radius 1 is 1.09 bits per heavy atom. The van der Waals surface area contributed by atoms with Crippen molar-refractivity contribution in [3.8, 4) is 0 Å². The molecular weight excluding hydrogens is 451 g/mol. The lowest BCUT2D eigenvalue weighted by atomic mass is 9.96. The maximum Gasteiger partial charge on any atom is 0.201 e. The number of ketones is 1. The summed E-state index contributed by atoms with van der Waals surface area (Å²) >= 11 is 1.01. The Balaban J connectivity index is 1.12. The zero-order chi connectivity index (χ0) is 23.5. The van der Waals surface area contributed by atoms with Gasteiger partial charge in [-0.25, -0.2) is 9.37 Å². The van der Waals surface area contributed by atoms with Gasteiger partial charge in [0.2, 0.25) is 5.12 Å². The quantitative estimate of drug-likeness (QED) is 0.419. The third-order valence-corrected chi connectivity index (χ3v) is 7.16. The van der Waals surface area contributed by atoms with Crippen LogP contribution < -0.4 is 10.2 Å². The number of benzene rings is 1. The lowest BCUT2D eigenvalue weighted by Crippen LogP contribution is -2.37. The van der Waals surface area contributed by atoms with Crippen molar-refractivity contribution < 1.29 is 14.0 Å². The van der Waals surface area contributed by atoms with E-state index < -0.39 is 0 Å². The van der Waals surface area contributed by atoms with Crippen LogP contribution in [0.5, 0.6) is 0 Å². The Morgan fingerprint density at radius 2 is 1.94 bits per heavy atom. The Bertz CT molecular complexity index is 1270. The van der Waals surface area contributed by atoms with Gasteiger partial charge >= 0.3 is 0 Å². The number of nitrogens with zero attached hydrogens (tertiary/aromatic N) is 3. The molecule has 0 saturated carbocycles. The highest BCUT2D eigenvalue weighted by Gasteiger charge is 2.26. The first-order chi connectivity index (χ1) is 16.5. The van der Waals surface area contributed by atoms with Crippen LogP contribution in [-0.2, 0) is 16.1 Å². The molecule has 2 fully saturated rings. The fourth-order valence-electron chi connectivity index (χ4n) is 4.38. The van der Waals surface area contributed by atoms with Crippen LogP contribution in [0.1, 0.15) is 30.7 Å². The minimum atomic E-state index is -0.245. The van der Waals surface area contributed by atoms with E-state index in [0.29, 0.717) is 23.1 Å². The van der Waals surface area contributed by atoms with E-state index in [0.717, 1.165) is 66.7 Å². The van der Waals surface area contributed by atoms with Crippen LogP contribution in [0, 0.1) is 11.7 Å². The van der Waals surface area contributed by atoms with E-state index >= 15 is 0 Å². The number of thioether (sulfide) groups is 1. The van der Waals surface area contributed by atoms with Gasteiger partial charge in [0, 0.05) is 25.0 Å². The normalized spacial score (nSPS) is 18.4. The average Bonchev–Trinajstić information content (AvgIpc) is 3.16. The van der Waals surface area contributed by atoms with Gasteiger partial charge in [0.1, 0.15) is 11.6 Å². The number of nitrogens with one attached hydrogen (secondary N) is 1. The van der Waals surface area contributed by atoms with E-state index in [1.807, 2.05) is 30.3 Å². The maximum absolute atomic E-state index is 13.3. The molecule has 3 aromatic rings. The van der Waals surface area contributed by atoms with Crippen molar-refractivity contribution in [2.45, 2.75) is 25.8 Å². The van der Waals surface area contributed by atoms with Crippen molar-refractivity contribution in [2.24, 2.45) is 5.92 Å². The van der Waals surface area contributed by atoms with Crippen molar-refractivity contribution in [3.63, 3.8) is 0 Å². The number of carbonyl (C=O) groups excluding carboxylic acids is 2. The zero-order valence-electron chi connectivity index (χ0n) is 18.7. The van der Waals surface area contributed by atoms with Crippen molar-refractivity contribution >= 4 is 45.5 Å². The summed E-state index contributed by atoms with van der Waals surface area (Å²) in [6.45, 7) is 3.45. The van der Waals surface area contributed by atoms with Crippen LogP contribution in [0.15, 0.2) is 53.4 Å². The number of halogens is 1. The first-order valence-electron chi connectivity index (χ1n) is 11.5. The van der Waals surface area contributed by atoms with Gasteiger partial charge in [-0.15, -0.1) is 0 Å². The highest BCUT2D eigenvalue weighted by Crippen LogP contribution is 2.31. The smallest absolute Gasteiger partial charge is 0.201 e. The van der Waals surface area contributed by atoms with Gasteiger partial charge < -0.3 is 10.2 Å². The highest BCUT2D eigenvalue weighted by atomic mass is 32.2. The number of carbonyl (C=O) groups is 2. The molecule has 2 saturated heterocycles. The predicted molar refractivity (Wildman–Crippen MR) is 133 cm³/mol. The van der Waals surface area contributed by atoms with Gasteiger partial charge in [-0.3, -0.25) is 14.6 Å². The standard InChI is InChI=1S/C26H25FN4O2S/c27-19-5-7-22-18(12-19)4-6-21(29-22)16-28-15-17-8-10-31(11-9-17)25-3-1-2-20(30-25)13-24-23(32)14-26(33)34-24/h1-7,12-13,17,28H,8-11,14-16H2/b24-13-. The molecule has 0 amide bonds. The molecule has 174 valence electrons. The molecule has 1 aromatic carbocycles. The third kappa shape index (κ3) is 5.34. The second-order valence-corrected chi connectivity index (χ2v) is 9.80. The number of hydrogen-bond donors (Lipinski definition) is 1. The summed E-state index contributed by atoms with van der Waals surface area (Å²) in [7, 11) is 0. The van der Waals surface area contributed by atoms with E-state index in [-0.39, 0.29) is 23.1 Å². The number of allylic oxidation sites excluding steroid dienone is 1. The molecule has 8 heteroatoms. The number of anilines is 1. The lowest BCUT2D eigenvalue weighted by molar-refractivity contribution is -0.119. The number of hydrogen-bond acceptors (Lipinski definition) is 7. The lowest BCUT2D eigenvalue weighted by Gasteiger charge is -2.33. The Kier molecular flexibility index (Phi) is 6.69. The monoisotopic (exact) mass is 476 g/mol. The molecule has 4 heterocycles. The van der Waals surface area contributed by atoms with Crippen molar-refractivity contribution in [1.29, 1.82) is 0 Å². The van der Waals surface area contributed by atoms with Gasteiger partial charge in [-0.2, -0.15) is 0 Å². The molecule has 0 spiro atoms. The maximum atomic E-state index is 13.3. The van der Waals surface area contributed by atoms with E-state index in [9.17, 15) is 14.0 Å². The first kappa shape index (κ1) is 22.7. The molecule has 0 aliphatic carbocycles. The van der Waals surface area contributed by atoms with E-state index in [1.54, 1.807) is 12.1 Å². The number of pyridine rings is 2. The van der Waals surface area contributed by atoms with Crippen molar-refractivity contribution in [1.82, 2.24) is 15.3 Å². The molecule has 6 nitrogen and oxygen atoms in total.